The van der Waals surface area contributed by atoms with Gasteiger partial charge in [0.05, 0.1) is 6.54 Å². The second-order valence-corrected chi connectivity index (χ2v) is 6.81. The molecule has 8 heteroatoms. The van der Waals surface area contributed by atoms with Gasteiger partial charge in [0.1, 0.15) is 17.8 Å². The van der Waals surface area contributed by atoms with Crippen LogP contribution in [0.4, 0.5) is 5.69 Å². The van der Waals surface area contributed by atoms with Gasteiger partial charge in [0, 0.05) is 47.1 Å². The summed E-state index contributed by atoms with van der Waals surface area (Å²) in [6.45, 7) is 3.18. The van der Waals surface area contributed by atoms with Crippen molar-refractivity contribution in [1.82, 2.24) is 29.5 Å². The summed E-state index contributed by atoms with van der Waals surface area (Å²) in [7, 11) is 0. The Bertz CT molecular complexity index is 1030. The molecule has 1 aromatic carbocycles. The number of halogens is 1. The Hall–Kier alpha value is -2.87. The smallest absolute Gasteiger partial charge is 0.184 e. The number of anilines is 1. The van der Waals surface area contributed by atoms with Crippen LogP contribution < -0.4 is 4.90 Å². The molecule has 0 spiro atoms. The predicted molar refractivity (Wildman–Crippen MR) is 102 cm³/mol. The van der Waals surface area contributed by atoms with Gasteiger partial charge in [0.15, 0.2) is 5.65 Å². The maximum atomic E-state index is 4.54. The average molecular weight is 410 g/mol. The first-order chi connectivity index (χ1) is 12.7. The van der Waals surface area contributed by atoms with Crippen LogP contribution in [0.15, 0.2) is 59.9 Å². The van der Waals surface area contributed by atoms with Crippen molar-refractivity contribution >= 4 is 27.3 Å². The van der Waals surface area contributed by atoms with Gasteiger partial charge in [-0.2, -0.15) is 0 Å². The van der Waals surface area contributed by atoms with Crippen molar-refractivity contribution < 1.29 is 0 Å². The molecule has 0 atom stereocenters. The number of nitrogens with zero attached hydrogens (tertiary/aromatic N) is 7. The molecule has 0 aliphatic rings. The second-order valence-electron chi connectivity index (χ2n) is 5.90. The molecule has 3 heterocycles. The Kier molecular flexibility index (Phi) is 4.57. The number of benzene rings is 1. The fourth-order valence-corrected chi connectivity index (χ4v) is 3.22. The first-order valence-corrected chi connectivity index (χ1v) is 8.89. The lowest BCUT2D eigenvalue weighted by molar-refractivity contribution is 0.772. The first-order valence-electron chi connectivity index (χ1n) is 8.10. The first kappa shape index (κ1) is 16.6. The zero-order valence-corrected chi connectivity index (χ0v) is 15.7. The van der Waals surface area contributed by atoms with Crippen molar-refractivity contribution in [3.63, 3.8) is 0 Å². The minimum atomic E-state index is 0.591. The van der Waals surface area contributed by atoms with Gasteiger partial charge < -0.3 is 4.90 Å². The van der Waals surface area contributed by atoms with Crippen LogP contribution in [0.5, 0.6) is 0 Å². The van der Waals surface area contributed by atoms with Crippen LogP contribution in [0.25, 0.3) is 5.65 Å². The SMILES string of the molecule is Cc1nnc2c(CN(Cc3cncnc3)c3cccc(Br)c3)nccn12. The number of rotatable bonds is 5. The van der Waals surface area contributed by atoms with E-state index in [0.29, 0.717) is 13.1 Å². The molecule has 3 aromatic heterocycles. The lowest BCUT2D eigenvalue weighted by Crippen LogP contribution is -2.23. The minimum absolute atomic E-state index is 0.591. The molecule has 0 N–H and O–H groups in total. The van der Waals surface area contributed by atoms with Crippen LogP contribution in [-0.2, 0) is 13.1 Å². The molecule has 26 heavy (non-hydrogen) atoms. The van der Waals surface area contributed by atoms with E-state index in [4.69, 9.17) is 0 Å². The Labute approximate surface area is 158 Å². The van der Waals surface area contributed by atoms with Gasteiger partial charge in [-0.05, 0) is 25.1 Å². The van der Waals surface area contributed by atoms with Gasteiger partial charge >= 0.3 is 0 Å². The molecule has 4 rings (SSSR count). The van der Waals surface area contributed by atoms with Crippen LogP contribution in [0.3, 0.4) is 0 Å². The summed E-state index contributed by atoms with van der Waals surface area (Å²) < 4.78 is 2.97. The summed E-state index contributed by atoms with van der Waals surface area (Å²) in [5, 5.41) is 8.44. The summed E-state index contributed by atoms with van der Waals surface area (Å²) >= 11 is 3.55. The average Bonchev–Trinajstić information content (AvgIpc) is 3.04. The largest absolute Gasteiger partial charge is 0.361 e. The van der Waals surface area contributed by atoms with E-state index in [1.807, 2.05) is 42.0 Å². The molecule has 0 aliphatic heterocycles. The van der Waals surface area contributed by atoms with E-state index in [9.17, 15) is 0 Å². The van der Waals surface area contributed by atoms with Crippen molar-refractivity contribution in [2.75, 3.05) is 4.90 Å². The monoisotopic (exact) mass is 409 g/mol. The minimum Gasteiger partial charge on any atom is -0.361 e. The fourth-order valence-electron chi connectivity index (χ4n) is 2.83. The predicted octanol–water partition coefficient (Wildman–Crippen LogP) is 3.19. The van der Waals surface area contributed by atoms with E-state index >= 15 is 0 Å². The summed E-state index contributed by atoms with van der Waals surface area (Å²) in [6, 6.07) is 8.18. The van der Waals surface area contributed by atoms with E-state index in [0.717, 1.165) is 32.9 Å². The summed E-state index contributed by atoms with van der Waals surface area (Å²) in [4.78, 5) is 15.0. The molecule has 0 saturated carbocycles. The number of aromatic nitrogens is 6. The molecule has 0 fully saturated rings. The molecular formula is C18H16BrN7. The maximum absolute atomic E-state index is 4.54. The standard InChI is InChI=1S/C18H16BrN7/c1-13-23-24-18-17(22-5-6-26(13)18)11-25(10-14-8-20-12-21-9-14)16-4-2-3-15(19)7-16/h2-9,12H,10-11H2,1H3. The molecule has 0 radical (unpaired) electrons. The zero-order chi connectivity index (χ0) is 17.9. The normalized spacial score (nSPS) is 11.0. The van der Waals surface area contributed by atoms with Crippen LogP contribution in [-0.4, -0.2) is 29.5 Å². The third-order valence-corrected chi connectivity index (χ3v) is 4.57. The van der Waals surface area contributed by atoms with Crippen molar-refractivity contribution in [3.8, 4) is 0 Å². The van der Waals surface area contributed by atoms with E-state index in [1.165, 1.54) is 6.33 Å². The number of fused-ring (bicyclic) bond motifs is 1. The number of hydrogen-bond acceptors (Lipinski definition) is 6. The zero-order valence-electron chi connectivity index (χ0n) is 14.1. The highest BCUT2D eigenvalue weighted by atomic mass is 79.9. The topological polar surface area (TPSA) is 72.1 Å². The molecule has 0 amide bonds. The van der Waals surface area contributed by atoms with Crippen LogP contribution in [0.2, 0.25) is 0 Å². The van der Waals surface area contributed by atoms with Crippen molar-refractivity contribution in [2.45, 2.75) is 20.0 Å². The highest BCUT2D eigenvalue weighted by molar-refractivity contribution is 9.10. The maximum Gasteiger partial charge on any atom is 0.184 e. The van der Waals surface area contributed by atoms with E-state index in [1.54, 1.807) is 6.20 Å². The molecule has 130 valence electrons. The molecule has 0 aliphatic carbocycles. The third-order valence-electron chi connectivity index (χ3n) is 4.07. The van der Waals surface area contributed by atoms with Crippen LogP contribution >= 0.6 is 15.9 Å². The van der Waals surface area contributed by atoms with Gasteiger partial charge in [-0.25, -0.2) is 9.97 Å². The van der Waals surface area contributed by atoms with E-state index in [-0.39, 0.29) is 0 Å². The molecule has 4 aromatic rings. The lowest BCUT2D eigenvalue weighted by Gasteiger charge is -2.24. The van der Waals surface area contributed by atoms with E-state index < -0.39 is 0 Å². The lowest BCUT2D eigenvalue weighted by atomic mass is 10.2. The van der Waals surface area contributed by atoms with Gasteiger partial charge in [0.2, 0.25) is 0 Å². The van der Waals surface area contributed by atoms with Crippen molar-refractivity contribution in [2.24, 2.45) is 0 Å². The van der Waals surface area contributed by atoms with Gasteiger partial charge in [-0.3, -0.25) is 9.38 Å². The third kappa shape index (κ3) is 3.41. The Morgan fingerprint density at radius 2 is 1.96 bits per heavy atom. The van der Waals surface area contributed by atoms with E-state index in [2.05, 4.69) is 58.1 Å². The van der Waals surface area contributed by atoms with Crippen molar-refractivity contribution in [3.05, 3.63) is 76.9 Å². The summed E-state index contributed by atoms with van der Waals surface area (Å²) in [5.41, 5.74) is 3.74. The van der Waals surface area contributed by atoms with Crippen LogP contribution in [0, 0.1) is 6.92 Å². The summed E-state index contributed by atoms with van der Waals surface area (Å²) in [6.07, 6.45) is 8.85. The van der Waals surface area contributed by atoms with Crippen LogP contribution in [0.1, 0.15) is 17.1 Å². The fraction of sp³-hybridized carbons (Fsp3) is 0.167. The number of hydrogen-bond donors (Lipinski definition) is 0. The quantitative estimate of drug-likeness (QED) is 0.503. The number of aryl methyl sites for hydroxylation is 1. The molecule has 0 bridgehead atoms. The Morgan fingerprint density at radius 1 is 1.12 bits per heavy atom. The van der Waals surface area contributed by atoms with Gasteiger partial charge in [-0.1, -0.05) is 22.0 Å². The Balaban J connectivity index is 1.72. The molecular weight excluding hydrogens is 394 g/mol. The highest BCUT2D eigenvalue weighted by Gasteiger charge is 2.14. The second kappa shape index (κ2) is 7.17. The van der Waals surface area contributed by atoms with Gasteiger partial charge in [-0.15, -0.1) is 10.2 Å². The summed E-state index contributed by atoms with van der Waals surface area (Å²) in [5.74, 6) is 0.842. The van der Waals surface area contributed by atoms with Crippen molar-refractivity contribution in [1.29, 1.82) is 0 Å². The Morgan fingerprint density at radius 3 is 2.77 bits per heavy atom. The van der Waals surface area contributed by atoms with Gasteiger partial charge in [0.25, 0.3) is 0 Å². The molecule has 0 unspecified atom stereocenters. The highest BCUT2D eigenvalue weighted by Crippen LogP contribution is 2.24. The molecule has 0 saturated heterocycles. The molecule has 7 nitrogen and oxygen atoms in total.